The second-order valence-corrected chi connectivity index (χ2v) is 14.9. The van der Waals surface area contributed by atoms with Crippen LogP contribution in [0.1, 0.15) is 18.2 Å². The molecule has 4 heteroatoms. The van der Waals surface area contributed by atoms with Crippen molar-refractivity contribution in [3.8, 4) is 17.1 Å². The number of para-hydroxylation sites is 5. The lowest BCUT2D eigenvalue weighted by atomic mass is 10.1. The van der Waals surface area contributed by atoms with E-state index < -0.39 is 0 Å². The first-order chi connectivity index (χ1) is 28.7. The van der Waals surface area contributed by atoms with Crippen molar-refractivity contribution < 1.29 is 0 Å². The summed E-state index contributed by atoms with van der Waals surface area (Å²) < 4.78 is 7.16. The number of nitrogens with zero attached hydrogens (tertiary/aromatic N) is 4. The van der Waals surface area contributed by atoms with E-state index in [1.54, 1.807) is 0 Å². The monoisotopic (exact) mass is 744 g/mol. The molecule has 0 amide bonds. The third-order valence-electron chi connectivity index (χ3n) is 11.8. The Kier molecular flexibility index (Phi) is 7.90. The van der Waals surface area contributed by atoms with E-state index >= 15 is 0 Å². The van der Waals surface area contributed by atoms with E-state index in [9.17, 15) is 0 Å². The van der Waals surface area contributed by atoms with Gasteiger partial charge in [-0.25, -0.2) is 0 Å². The minimum Gasteiger partial charge on any atom is -0.310 e. The zero-order valence-corrected chi connectivity index (χ0v) is 32.3. The van der Waals surface area contributed by atoms with E-state index in [2.05, 4.69) is 226 Å². The van der Waals surface area contributed by atoms with E-state index in [1.165, 1.54) is 60.1 Å². The van der Waals surface area contributed by atoms with Crippen LogP contribution in [0, 0.1) is 0 Å². The Labute approximate surface area is 337 Å². The zero-order valence-electron chi connectivity index (χ0n) is 32.3. The van der Waals surface area contributed by atoms with Crippen molar-refractivity contribution in [3.05, 3.63) is 212 Å². The highest BCUT2D eigenvalue weighted by Gasteiger charge is 2.20. The molecule has 11 rings (SSSR count). The third-order valence-corrected chi connectivity index (χ3v) is 11.8. The molecule has 0 radical (unpaired) electrons. The van der Waals surface area contributed by atoms with Crippen LogP contribution in [-0.4, -0.2) is 13.7 Å². The van der Waals surface area contributed by atoms with Crippen molar-refractivity contribution in [1.29, 1.82) is 0 Å². The van der Waals surface area contributed by atoms with Gasteiger partial charge >= 0.3 is 0 Å². The second kappa shape index (κ2) is 13.6. The van der Waals surface area contributed by atoms with E-state index in [-0.39, 0.29) is 0 Å². The molecule has 0 saturated carbocycles. The molecule has 0 atom stereocenters. The van der Waals surface area contributed by atoms with Crippen molar-refractivity contribution in [2.75, 3.05) is 4.90 Å². The van der Waals surface area contributed by atoms with Crippen molar-refractivity contribution in [2.24, 2.45) is 0 Å². The molecule has 3 heterocycles. The maximum atomic E-state index is 4.29. The number of aryl methyl sites for hydroxylation is 1. The van der Waals surface area contributed by atoms with Gasteiger partial charge in [-0.1, -0.05) is 123 Å². The SMILES string of the molecule is C=Cc1c(CC)c2ccccc2n1-c1cccc(N(c2cccc(-n3c4ccccc4c4ccccc43)c2)c2cccc(-n3c4ccccc4c4ccccc43)c2)c1. The van der Waals surface area contributed by atoms with E-state index in [0.29, 0.717) is 0 Å². The summed E-state index contributed by atoms with van der Waals surface area (Å²) in [5.74, 6) is 0. The van der Waals surface area contributed by atoms with Gasteiger partial charge in [0.15, 0.2) is 0 Å². The number of aromatic nitrogens is 3. The third kappa shape index (κ3) is 5.15. The fraction of sp³-hybridized carbons (Fsp3) is 0.0370. The summed E-state index contributed by atoms with van der Waals surface area (Å²) in [4.78, 5) is 2.40. The van der Waals surface area contributed by atoms with Crippen molar-refractivity contribution in [1.82, 2.24) is 13.7 Å². The Bertz CT molecular complexity index is 3110. The first-order valence-electron chi connectivity index (χ1n) is 20.0. The summed E-state index contributed by atoms with van der Waals surface area (Å²) in [6, 6.07) is 70.4. The van der Waals surface area contributed by atoms with Crippen molar-refractivity contribution in [3.63, 3.8) is 0 Å². The summed E-state index contributed by atoms with van der Waals surface area (Å²) in [7, 11) is 0. The largest absolute Gasteiger partial charge is 0.310 e. The maximum Gasteiger partial charge on any atom is 0.0541 e. The first-order valence-corrected chi connectivity index (χ1v) is 20.0. The molecule has 0 aliphatic rings. The molecule has 58 heavy (non-hydrogen) atoms. The number of hydrogen-bond donors (Lipinski definition) is 0. The smallest absolute Gasteiger partial charge is 0.0541 e. The summed E-state index contributed by atoms with van der Waals surface area (Å²) in [6.07, 6.45) is 2.93. The Morgan fingerprint density at radius 1 is 0.397 bits per heavy atom. The molecule has 3 aromatic heterocycles. The number of rotatable bonds is 8. The average molecular weight is 745 g/mol. The standard InChI is InChI=1S/C54H40N4/c1-3-43-44-24-5-10-29-50(44)56(49(43)4-2)40-21-15-18-37(34-40)55(38-19-16-22-41(35-38)57-51-30-11-6-25-45(51)46-26-7-12-31-52(46)57)39-20-17-23-42(36-39)58-53-32-13-8-27-47(53)48-28-9-14-33-54(48)58/h4-36H,2-3H2,1H3. The maximum absolute atomic E-state index is 4.29. The van der Waals surface area contributed by atoms with Crippen LogP contribution >= 0.6 is 0 Å². The van der Waals surface area contributed by atoms with Crippen LogP contribution in [0.3, 0.4) is 0 Å². The van der Waals surface area contributed by atoms with Gasteiger partial charge in [0.2, 0.25) is 0 Å². The molecule has 0 aliphatic heterocycles. The van der Waals surface area contributed by atoms with Gasteiger partial charge in [-0.3, -0.25) is 0 Å². The molecule has 0 aliphatic carbocycles. The fourth-order valence-corrected chi connectivity index (χ4v) is 9.35. The first kappa shape index (κ1) is 33.8. The van der Waals surface area contributed by atoms with Gasteiger partial charge in [-0.05, 0) is 103 Å². The van der Waals surface area contributed by atoms with Crippen molar-refractivity contribution in [2.45, 2.75) is 13.3 Å². The van der Waals surface area contributed by atoms with Gasteiger partial charge < -0.3 is 18.6 Å². The molecule has 0 saturated heterocycles. The number of benzene rings is 8. The summed E-state index contributed by atoms with van der Waals surface area (Å²) in [5, 5.41) is 6.25. The van der Waals surface area contributed by atoms with Crippen LogP contribution in [0.15, 0.2) is 201 Å². The molecule has 0 bridgehead atoms. The minimum atomic E-state index is 0.922. The predicted molar refractivity (Wildman–Crippen MR) is 246 cm³/mol. The normalized spacial score (nSPS) is 11.7. The van der Waals surface area contributed by atoms with Gasteiger partial charge in [0.25, 0.3) is 0 Å². The lowest BCUT2D eigenvalue weighted by molar-refractivity contribution is 1.06. The predicted octanol–water partition coefficient (Wildman–Crippen LogP) is 14.5. The Morgan fingerprint density at radius 2 is 0.724 bits per heavy atom. The Morgan fingerprint density at radius 3 is 1.09 bits per heavy atom. The van der Waals surface area contributed by atoms with Crippen molar-refractivity contribution >= 4 is 77.7 Å². The molecule has 0 fully saturated rings. The molecule has 11 aromatic rings. The van der Waals surface area contributed by atoms with Gasteiger partial charge in [0.1, 0.15) is 0 Å². The van der Waals surface area contributed by atoms with Gasteiger partial charge in [-0.15, -0.1) is 0 Å². The molecule has 0 unspecified atom stereocenters. The van der Waals surface area contributed by atoms with Crippen LogP contribution in [0.25, 0.3) is 77.7 Å². The lowest BCUT2D eigenvalue weighted by Crippen LogP contribution is -2.12. The zero-order chi connectivity index (χ0) is 38.7. The highest BCUT2D eigenvalue weighted by atomic mass is 15.2. The quantitative estimate of drug-likeness (QED) is 0.151. The van der Waals surface area contributed by atoms with Gasteiger partial charge in [0, 0.05) is 66.7 Å². The van der Waals surface area contributed by atoms with E-state index in [1.807, 2.05) is 6.08 Å². The molecule has 4 nitrogen and oxygen atoms in total. The molecular formula is C54H40N4. The number of fused-ring (bicyclic) bond motifs is 7. The van der Waals surface area contributed by atoms with E-state index in [4.69, 9.17) is 0 Å². The van der Waals surface area contributed by atoms with Crippen LogP contribution in [0.2, 0.25) is 0 Å². The number of anilines is 3. The summed E-state index contributed by atoms with van der Waals surface area (Å²) in [6.45, 7) is 6.52. The molecule has 0 spiro atoms. The van der Waals surface area contributed by atoms with Gasteiger partial charge in [-0.2, -0.15) is 0 Å². The molecular weight excluding hydrogens is 705 g/mol. The minimum absolute atomic E-state index is 0.922. The Hall–Kier alpha value is -7.56. The molecule has 0 N–H and O–H groups in total. The summed E-state index contributed by atoms with van der Waals surface area (Å²) >= 11 is 0. The average Bonchev–Trinajstić information content (AvgIpc) is 3.92. The second-order valence-electron chi connectivity index (χ2n) is 14.9. The Balaban J connectivity index is 1.15. The van der Waals surface area contributed by atoms with Crippen LogP contribution < -0.4 is 4.90 Å². The topological polar surface area (TPSA) is 18.0 Å². The number of hydrogen-bond acceptors (Lipinski definition) is 1. The van der Waals surface area contributed by atoms with Crippen LogP contribution in [0.4, 0.5) is 17.1 Å². The van der Waals surface area contributed by atoms with E-state index in [0.717, 1.165) is 46.2 Å². The highest BCUT2D eigenvalue weighted by Crippen LogP contribution is 2.41. The molecule has 276 valence electrons. The summed E-state index contributed by atoms with van der Waals surface area (Å²) in [5.41, 5.74) is 14.8. The highest BCUT2D eigenvalue weighted by molar-refractivity contribution is 6.10. The van der Waals surface area contributed by atoms with Gasteiger partial charge in [0.05, 0.1) is 27.6 Å². The van der Waals surface area contributed by atoms with Crippen LogP contribution in [-0.2, 0) is 6.42 Å². The molecule has 8 aromatic carbocycles. The fourth-order valence-electron chi connectivity index (χ4n) is 9.35. The lowest BCUT2D eigenvalue weighted by Gasteiger charge is -2.27. The van der Waals surface area contributed by atoms with Crippen LogP contribution in [0.5, 0.6) is 0 Å².